The molecule has 180 valence electrons. The number of alkyl halides is 6. The summed E-state index contributed by atoms with van der Waals surface area (Å²) >= 11 is 0. The number of benzene rings is 1. The van der Waals surface area contributed by atoms with E-state index in [-0.39, 0.29) is 23.1 Å². The van der Waals surface area contributed by atoms with E-state index in [9.17, 15) is 41.3 Å². The molecule has 0 saturated carbocycles. The van der Waals surface area contributed by atoms with Crippen LogP contribution in [0.1, 0.15) is 11.1 Å². The van der Waals surface area contributed by atoms with Gasteiger partial charge in [-0.15, -0.1) is 0 Å². The summed E-state index contributed by atoms with van der Waals surface area (Å²) in [7, 11) is 0. The molecule has 0 radical (unpaired) electrons. The van der Waals surface area contributed by atoms with E-state index in [1.165, 1.54) is 12.1 Å². The number of halogens is 6. The lowest BCUT2D eigenvalue weighted by Gasteiger charge is -2.09. The molecule has 3 rings (SSSR count). The summed E-state index contributed by atoms with van der Waals surface area (Å²) in [5.41, 5.74) is 3.10. The SMILES string of the molecule is Nc1cc(C(F)(F)F)ccn1.O=C(Nc1cc(C(F)(F)F)ccn1)Oc1ccc([N+](=O)[O-])cc1. The molecule has 2 aromatic heterocycles. The van der Waals surface area contributed by atoms with E-state index in [0.717, 1.165) is 42.7 Å². The first-order valence-electron chi connectivity index (χ1n) is 8.81. The molecule has 15 heteroatoms. The molecular formula is C19H13F6N5O4. The highest BCUT2D eigenvalue weighted by atomic mass is 19.4. The van der Waals surface area contributed by atoms with Crippen LogP contribution >= 0.6 is 0 Å². The minimum absolute atomic E-state index is 0.0138. The maximum atomic E-state index is 12.5. The molecule has 0 atom stereocenters. The topological polar surface area (TPSA) is 133 Å². The zero-order valence-corrected chi connectivity index (χ0v) is 16.6. The van der Waals surface area contributed by atoms with E-state index >= 15 is 0 Å². The van der Waals surface area contributed by atoms with E-state index < -0.39 is 34.5 Å². The summed E-state index contributed by atoms with van der Waals surface area (Å²) in [5, 5.41) is 12.5. The maximum Gasteiger partial charge on any atom is 0.418 e. The van der Waals surface area contributed by atoms with Gasteiger partial charge in [-0.05, 0) is 36.4 Å². The average Bonchev–Trinajstić information content (AvgIpc) is 2.73. The first kappa shape index (κ1) is 25.8. The first-order valence-corrected chi connectivity index (χ1v) is 8.81. The molecular weight excluding hydrogens is 476 g/mol. The molecule has 0 fully saturated rings. The van der Waals surface area contributed by atoms with Crippen molar-refractivity contribution in [3.8, 4) is 5.75 Å². The number of non-ortho nitro benzene ring substituents is 1. The van der Waals surface area contributed by atoms with Gasteiger partial charge in [0.2, 0.25) is 0 Å². The number of nitrogens with zero attached hydrogens (tertiary/aromatic N) is 3. The highest BCUT2D eigenvalue weighted by Crippen LogP contribution is 2.30. The van der Waals surface area contributed by atoms with Crippen molar-refractivity contribution in [1.82, 2.24) is 9.97 Å². The Morgan fingerprint density at radius 1 is 0.912 bits per heavy atom. The third-order valence-corrected chi connectivity index (χ3v) is 3.68. The van der Waals surface area contributed by atoms with Gasteiger partial charge in [-0.1, -0.05) is 0 Å². The molecule has 1 amide bonds. The van der Waals surface area contributed by atoms with Gasteiger partial charge in [0.1, 0.15) is 17.4 Å². The van der Waals surface area contributed by atoms with Crippen molar-refractivity contribution in [2.24, 2.45) is 0 Å². The van der Waals surface area contributed by atoms with Gasteiger partial charge in [0, 0.05) is 24.5 Å². The van der Waals surface area contributed by atoms with E-state index in [1.807, 2.05) is 5.32 Å². The molecule has 0 aliphatic carbocycles. The number of nitrogens with one attached hydrogen (secondary N) is 1. The summed E-state index contributed by atoms with van der Waals surface area (Å²) in [6.07, 6.45) is -8.06. The predicted molar refractivity (Wildman–Crippen MR) is 106 cm³/mol. The number of aromatic nitrogens is 2. The lowest BCUT2D eigenvalue weighted by atomic mass is 10.2. The number of rotatable bonds is 3. The van der Waals surface area contributed by atoms with Crippen molar-refractivity contribution in [3.63, 3.8) is 0 Å². The zero-order valence-electron chi connectivity index (χ0n) is 16.6. The minimum Gasteiger partial charge on any atom is -0.410 e. The van der Waals surface area contributed by atoms with Gasteiger partial charge in [-0.25, -0.2) is 14.8 Å². The average molecular weight is 489 g/mol. The van der Waals surface area contributed by atoms with Crippen LogP contribution in [0.4, 0.5) is 48.5 Å². The Hall–Kier alpha value is -4.43. The summed E-state index contributed by atoms with van der Waals surface area (Å²) in [5.74, 6) is -0.480. The monoisotopic (exact) mass is 489 g/mol. The smallest absolute Gasteiger partial charge is 0.410 e. The van der Waals surface area contributed by atoms with Crippen LogP contribution in [-0.2, 0) is 12.4 Å². The number of hydrogen-bond acceptors (Lipinski definition) is 7. The van der Waals surface area contributed by atoms with Gasteiger partial charge >= 0.3 is 18.4 Å². The van der Waals surface area contributed by atoms with Crippen molar-refractivity contribution in [1.29, 1.82) is 0 Å². The zero-order chi connectivity index (χ0) is 25.5. The van der Waals surface area contributed by atoms with E-state index in [2.05, 4.69) is 9.97 Å². The number of nitrogen functional groups attached to an aromatic ring is 1. The van der Waals surface area contributed by atoms with Crippen molar-refractivity contribution < 1.29 is 40.8 Å². The van der Waals surface area contributed by atoms with Gasteiger partial charge in [0.05, 0.1) is 16.1 Å². The van der Waals surface area contributed by atoms with Gasteiger partial charge in [-0.3, -0.25) is 15.4 Å². The number of ether oxygens (including phenoxy) is 1. The third-order valence-electron chi connectivity index (χ3n) is 3.68. The Morgan fingerprint density at radius 3 is 1.91 bits per heavy atom. The van der Waals surface area contributed by atoms with Gasteiger partial charge in [-0.2, -0.15) is 26.3 Å². The number of nitrogens with two attached hydrogens (primary N) is 1. The molecule has 0 aliphatic rings. The third kappa shape index (κ3) is 7.92. The molecule has 3 N–H and O–H groups in total. The number of nitro benzene ring substituents is 1. The van der Waals surface area contributed by atoms with Crippen LogP contribution < -0.4 is 15.8 Å². The fourth-order valence-electron chi connectivity index (χ4n) is 2.17. The van der Waals surface area contributed by atoms with Gasteiger partial charge in [0.15, 0.2) is 0 Å². The van der Waals surface area contributed by atoms with Crippen molar-refractivity contribution in [2.75, 3.05) is 11.1 Å². The van der Waals surface area contributed by atoms with Crippen molar-refractivity contribution in [2.45, 2.75) is 12.4 Å². The second-order valence-corrected chi connectivity index (χ2v) is 6.16. The second-order valence-electron chi connectivity index (χ2n) is 6.16. The summed E-state index contributed by atoms with van der Waals surface area (Å²) < 4.78 is 78.0. The Labute approximate surface area is 186 Å². The molecule has 3 aromatic rings. The molecule has 0 aliphatic heterocycles. The number of hydrogen-bond donors (Lipinski definition) is 2. The van der Waals surface area contributed by atoms with Gasteiger partial charge < -0.3 is 10.5 Å². The van der Waals surface area contributed by atoms with Crippen LogP contribution in [0.3, 0.4) is 0 Å². The largest absolute Gasteiger partial charge is 0.418 e. The minimum atomic E-state index is -4.57. The van der Waals surface area contributed by atoms with Crippen molar-refractivity contribution in [3.05, 3.63) is 82.2 Å². The fourth-order valence-corrected chi connectivity index (χ4v) is 2.17. The standard InChI is InChI=1S/C13H8F3N3O4.C6H5F3N2/c14-13(15,16)8-5-6-17-11(7-8)18-12(20)23-10-3-1-9(2-4-10)19(21)22;7-6(8,9)4-1-2-11-5(10)3-4/h1-7H,(H,17,18,20);1-3H,(H2,10,11). The summed E-state index contributed by atoms with van der Waals surface area (Å²) in [6, 6.07) is 7.66. The first-order chi connectivity index (χ1) is 15.8. The Morgan fingerprint density at radius 2 is 1.44 bits per heavy atom. The highest BCUT2D eigenvalue weighted by Gasteiger charge is 2.31. The Balaban J connectivity index is 0.000000310. The molecule has 0 spiro atoms. The van der Waals surface area contributed by atoms with Crippen LogP contribution in [0.5, 0.6) is 5.75 Å². The van der Waals surface area contributed by atoms with Crippen LogP contribution in [0.25, 0.3) is 0 Å². The van der Waals surface area contributed by atoms with E-state index in [1.54, 1.807) is 0 Å². The Kier molecular flexibility index (Phi) is 7.94. The lowest BCUT2D eigenvalue weighted by Crippen LogP contribution is -2.18. The fraction of sp³-hybridized carbons (Fsp3) is 0.105. The number of carbonyl (C=O) groups is 1. The number of nitro groups is 1. The predicted octanol–water partition coefficient (Wildman–Crippen LogP) is 5.30. The highest BCUT2D eigenvalue weighted by molar-refractivity contribution is 5.85. The quantitative estimate of drug-likeness (QED) is 0.290. The molecule has 0 unspecified atom stereocenters. The van der Waals surface area contributed by atoms with Crippen LogP contribution in [0.2, 0.25) is 0 Å². The Bertz CT molecular complexity index is 1150. The van der Waals surface area contributed by atoms with Crippen LogP contribution in [0.15, 0.2) is 60.9 Å². The van der Waals surface area contributed by atoms with Crippen LogP contribution in [-0.4, -0.2) is 21.0 Å². The second kappa shape index (κ2) is 10.5. The van der Waals surface area contributed by atoms with Gasteiger partial charge in [0.25, 0.3) is 5.69 Å². The number of pyridine rings is 2. The summed E-state index contributed by atoms with van der Waals surface area (Å²) in [6.45, 7) is 0. The molecule has 1 aromatic carbocycles. The number of amides is 1. The molecule has 0 saturated heterocycles. The van der Waals surface area contributed by atoms with Crippen molar-refractivity contribution >= 4 is 23.4 Å². The normalized spacial score (nSPS) is 11.1. The van der Waals surface area contributed by atoms with Crippen LogP contribution in [0, 0.1) is 10.1 Å². The molecule has 2 heterocycles. The molecule has 0 bridgehead atoms. The molecule has 34 heavy (non-hydrogen) atoms. The van der Waals surface area contributed by atoms with E-state index in [0.29, 0.717) is 6.07 Å². The number of anilines is 2. The molecule has 9 nitrogen and oxygen atoms in total. The van der Waals surface area contributed by atoms with E-state index in [4.69, 9.17) is 10.5 Å². The lowest BCUT2D eigenvalue weighted by molar-refractivity contribution is -0.384. The summed E-state index contributed by atoms with van der Waals surface area (Å²) in [4.78, 5) is 28.4. The maximum absolute atomic E-state index is 12.5. The number of carbonyl (C=O) groups excluding carboxylic acids is 1.